The van der Waals surface area contributed by atoms with Gasteiger partial charge in [-0.1, -0.05) is 23.7 Å². The summed E-state index contributed by atoms with van der Waals surface area (Å²) in [5.41, 5.74) is 2.03. The fourth-order valence-electron chi connectivity index (χ4n) is 2.21. The number of carbonyl (C=O) groups is 2. The van der Waals surface area contributed by atoms with E-state index < -0.39 is 0 Å². The van der Waals surface area contributed by atoms with Crippen LogP contribution in [0.1, 0.15) is 35.4 Å². The molecule has 0 spiro atoms. The van der Waals surface area contributed by atoms with Gasteiger partial charge in [-0.3, -0.25) is 9.59 Å². The van der Waals surface area contributed by atoms with E-state index in [0.29, 0.717) is 11.6 Å². The van der Waals surface area contributed by atoms with Crippen molar-refractivity contribution < 1.29 is 9.59 Å². The molecule has 122 valence electrons. The van der Waals surface area contributed by atoms with Crippen molar-refractivity contribution in [3.63, 3.8) is 0 Å². The van der Waals surface area contributed by atoms with Crippen LogP contribution in [0.25, 0.3) is 0 Å². The summed E-state index contributed by atoms with van der Waals surface area (Å²) in [6.07, 6.45) is 0.186. The average molecular weight is 351 g/mol. The molecule has 4 nitrogen and oxygen atoms in total. The van der Waals surface area contributed by atoms with Crippen LogP contribution >= 0.6 is 22.9 Å². The van der Waals surface area contributed by atoms with E-state index in [1.807, 2.05) is 30.5 Å². The van der Waals surface area contributed by atoms with E-state index in [4.69, 9.17) is 11.6 Å². The molecule has 0 radical (unpaired) electrons. The molecule has 0 saturated carbocycles. The van der Waals surface area contributed by atoms with Gasteiger partial charge in [0.05, 0.1) is 19.0 Å². The predicted octanol–water partition coefficient (Wildman–Crippen LogP) is 3.59. The fourth-order valence-corrected chi connectivity index (χ4v) is 3.19. The summed E-state index contributed by atoms with van der Waals surface area (Å²) >= 11 is 7.50. The third-order valence-corrected chi connectivity index (χ3v) is 4.73. The lowest BCUT2D eigenvalue weighted by Gasteiger charge is -2.18. The minimum atomic E-state index is -0.366. The number of hydrogen-bond donors (Lipinski definition) is 2. The van der Waals surface area contributed by atoms with E-state index in [-0.39, 0.29) is 24.3 Å². The van der Waals surface area contributed by atoms with Crippen molar-refractivity contribution in [1.82, 2.24) is 10.6 Å². The van der Waals surface area contributed by atoms with Crippen LogP contribution in [0.2, 0.25) is 5.02 Å². The van der Waals surface area contributed by atoms with Crippen molar-refractivity contribution in [1.29, 1.82) is 0 Å². The number of carbonyl (C=O) groups excluding carboxylic acids is 2. The van der Waals surface area contributed by atoms with Crippen LogP contribution in [0.3, 0.4) is 0 Å². The minimum Gasteiger partial charge on any atom is -0.351 e. The number of nitrogens with one attached hydrogen (secondary N) is 2. The Bertz CT molecular complexity index is 682. The van der Waals surface area contributed by atoms with Gasteiger partial charge in [0.15, 0.2) is 0 Å². The third-order valence-electron chi connectivity index (χ3n) is 3.45. The summed E-state index contributed by atoms with van der Waals surface area (Å²) in [5, 5.41) is 8.34. The van der Waals surface area contributed by atoms with Gasteiger partial charge in [-0.2, -0.15) is 0 Å². The molecule has 1 atom stereocenters. The smallest absolute Gasteiger partial charge is 0.222 e. The Hall–Kier alpha value is -1.85. The largest absolute Gasteiger partial charge is 0.351 e. The molecule has 0 saturated heterocycles. The zero-order chi connectivity index (χ0) is 16.8. The quantitative estimate of drug-likeness (QED) is 0.836. The van der Waals surface area contributed by atoms with Gasteiger partial charge in [0.1, 0.15) is 0 Å². The second kappa shape index (κ2) is 8.13. The first-order valence-electron chi connectivity index (χ1n) is 7.28. The Balaban J connectivity index is 1.99. The SMILES string of the molecule is CC(=O)NC(CC(=O)NCc1sccc1C)c1ccc(Cl)cc1. The molecule has 2 rings (SSSR count). The highest BCUT2D eigenvalue weighted by Gasteiger charge is 2.17. The Morgan fingerprint density at radius 2 is 1.91 bits per heavy atom. The lowest BCUT2D eigenvalue weighted by Crippen LogP contribution is -2.32. The first-order chi connectivity index (χ1) is 11.0. The molecule has 1 heterocycles. The second-order valence-electron chi connectivity index (χ2n) is 5.31. The van der Waals surface area contributed by atoms with E-state index in [1.54, 1.807) is 23.5 Å². The van der Waals surface area contributed by atoms with Crippen LogP contribution in [-0.4, -0.2) is 11.8 Å². The minimum absolute atomic E-state index is 0.105. The van der Waals surface area contributed by atoms with Crippen molar-refractivity contribution in [2.24, 2.45) is 0 Å². The van der Waals surface area contributed by atoms with Crippen LogP contribution in [0.15, 0.2) is 35.7 Å². The highest BCUT2D eigenvalue weighted by atomic mass is 35.5. The van der Waals surface area contributed by atoms with Crippen LogP contribution in [0.4, 0.5) is 0 Å². The lowest BCUT2D eigenvalue weighted by atomic mass is 10.0. The van der Waals surface area contributed by atoms with Crippen LogP contribution < -0.4 is 10.6 Å². The molecule has 0 aliphatic rings. The van der Waals surface area contributed by atoms with Gasteiger partial charge in [-0.05, 0) is 41.6 Å². The van der Waals surface area contributed by atoms with Gasteiger partial charge in [-0.15, -0.1) is 11.3 Å². The van der Waals surface area contributed by atoms with Crippen molar-refractivity contribution in [3.8, 4) is 0 Å². The number of thiophene rings is 1. The molecule has 2 amide bonds. The summed E-state index contributed by atoms with van der Waals surface area (Å²) in [6, 6.07) is 8.80. The third kappa shape index (κ3) is 5.37. The Labute approximate surface area is 144 Å². The molecule has 23 heavy (non-hydrogen) atoms. The number of aryl methyl sites for hydroxylation is 1. The highest BCUT2D eigenvalue weighted by molar-refractivity contribution is 7.10. The maximum atomic E-state index is 12.2. The molecule has 2 N–H and O–H groups in total. The number of hydrogen-bond acceptors (Lipinski definition) is 3. The van der Waals surface area contributed by atoms with Gasteiger partial charge in [0.2, 0.25) is 11.8 Å². The summed E-state index contributed by atoms with van der Waals surface area (Å²) < 4.78 is 0. The van der Waals surface area contributed by atoms with Crippen LogP contribution in [0, 0.1) is 6.92 Å². The monoisotopic (exact) mass is 350 g/mol. The first-order valence-corrected chi connectivity index (χ1v) is 8.53. The van der Waals surface area contributed by atoms with E-state index in [9.17, 15) is 9.59 Å². The summed E-state index contributed by atoms with van der Waals surface area (Å²) in [6.45, 7) is 3.97. The molecule has 1 aromatic heterocycles. The number of halogens is 1. The standard InChI is InChI=1S/C17H19ClN2O2S/c1-11-7-8-23-16(11)10-19-17(22)9-15(20-12(2)21)13-3-5-14(18)6-4-13/h3-8,15H,9-10H2,1-2H3,(H,19,22)(H,20,21). The van der Waals surface area contributed by atoms with E-state index >= 15 is 0 Å². The predicted molar refractivity (Wildman–Crippen MR) is 93.5 cm³/mol. The molecule has 2 aromatic rings. The van der Waals surface area contributed by atoms with Crippen LogP contribution in [-0.2, 0) is 16.1 Å². The van der Waals surface area contributed by atoms with E-state index in [2.05, 4.69) is 10.6 Å². The lowest BCUT2D eigenvalue weighted by molar-refractivity contribution is -0.122. The van der Waals surface area contributed by atoms with Gasteiger partial charge >= 0.3 is 0 Å². The highest BCUT2D eigenvalue weighted by Crippen LogP contribution is 2.20. The van der Waals surface area contributed by atoms with Crippen molar-refractivity contribution in [2.75, 3.05) is 0 Å². The van der Waals surface area contributed by atoms with E-state index in [0.717, 1.165) is 10.4 Å². The zero-order valence-corrected chi connectivity index (χ0v) is 14.6. The fraction of sp³-hybridized carbons (Fsp3) is 0.294. The normalized spacial score (nSPS) is 11.8. The molecule has 0 bridgehead atoms. The average Bonchev–Trinajstić information content (AvgIpc) is 2.90. The first kappa shape index (κ1) is 17.5. The second-order valence-corrected chi connectivity index (χ2v) is 6.75. The Morgan fingerprint density at radius 3 is 2.48 bits per heavy atom. The molecular formula is C17H19ClN2O2S. The Morgan fingerprint density at radius 1 is 1.22 bits per heavy atom. The molecule has 1 unspecified atom stereocenters. The maximum Gasteiger partial charge on any atom is 0.222 e. The number of rotatable bonds is 6. The van der Waals surface area contributed by atoms with Crippen LogP contribution in [0.5, 0.6) is 0 Å². The molecule has 0 aliphatic carbocycles. The molecule has 0 aliphatic heterocycles. The number of amides is 2. The molecule has 0 fully saturated rings. The van der Waals surface area contributed by atoms with Crippen molar-refractivity contribution in [3.05, 3.63) is 56.7 Å². The topological polar surface area (TPSA) is 58.2 Å². The molecule has 1 aromatic carbocycles. The Kier molecular flexibility index (Phi) is 6.19. The summed E-state index contributed by atoms with van der Waals surface area (Å²) in [7, 11) is 0. The van der Waals surface area contributed by atoms with Gasteiger partial charge in [0.25, 0.3) is 0 Å². The van der Waals surface area contributed by atoms with Gasteiger partial charge < -0.3 is 10.6 Å². The van der Waals surface area contributed by atoms with Gasteiger partial charge in [0, 0.05) is 16.8 Å². The van der Waals surface area contributed by atoms with Crippen molar-refractivity contribution >= 4 is 34.8 Å². The van der Waals surface area contributed by atoms with E-state index in [1.165, 1.54) is 12.5 Å². The molecular weight excluding hydrogens is 332 g/mol. The summed E-state index contributed by atoms with van der Waals surface area (Å²) in [4.78, 5) is 24.7. The number of benzene rings is 1. The van der Waals surface area contributed by atoms with Crippen molar-refractivity contribution in [2.45, 2.75) is 32.9 Å². The maximum absolute atomic E-state index is 12.2. The summed E-state index contributed by atoms with van der Waals surface area (Å²) in [5.74, 6) is -0.279. The zero-order valence-electron chi connectivity index (χ0n) is 13.1. The molecule has 6 heteroatoms. The van der Waals surface area contributed by atoms with Gasteiger partial charge in [-0.25, -0.2) is 0 Å².